The first-order valence-corrected chi connectivity index (χ1v) is 6.32. The minimum Gasteiger partial charge on any atom is -0.311 e. The molecule has 1 heterocycles. The van der Waals surface area contributed by atoms with Gasteiger partial charge in [-0.2, -0.15) is 5.10 Å². The Hall–Kier alpha value is -0.830. The molecule has 1 saturated carbocycles. The fourth-order valence-corrected chi connectivity index (χ4v) is 3.17. The van der Waals surface area contributed by atoms with Crippen LogP contribution in [0.2, 0.25) is 0 Å². The number of hydrogen-bond donors (Lipinski definition) is 1. The van der Waals surface area contributed by atoms with Crippen LogP contribution in [0.15, 0.2) is 12.3 Å². The van der Waals surface area contributed by atoms with Crippen molar-refractivity contribution in [2.24, 2.45) is 12.5 Å². The van der Waals surface area contributed by atoms with E-state index in [2.05, 4.69) is 30.5 Å². The summed E-state index contributed by atoms with van der Waals surface area (Å²) in [6.45, 7) is 2.42. The molecule has 1 fully saturated rings. The van der Waals surface area contributed by atoms with E-state index in [0.29, 0.717) is 11.5 Å². The van der Waals surface area contributed by atoms with Crippen molar-refractivity contribution in [2.45, 2.75) is 45.1 Å². The van der Waals surface area contributed by atoms with Crippen molar-refractivity contribution in [2.75, 3.05) is 7.05 Å². The Morgan fingerprint density at radius 3 is 2.56 bits per heavy atom. The Labute approximate surface area is 98.2 Å². The Morgan fingerprint density at radius 1 is 1.38 bits per heavy atom. The quantitative estimate of drug-likeness (QED) is 0.850. The molecule has 3 heteroatoms. The summed E-state index contributed by atoms with van der Waals surface area (Å²) in [5.41, 5.74) is 1.70. The van der Waals surface area contributed by atoms with Gasteiger partial charge in [-0.25, -0.2) is 0 Å². The van der Waals surface area contributed by atoms with Crippen LogP contribution in [0.3, 0.4) is 0 Å². The van der Waals surface area contributed by atoms with Gasteiger partial charge in [0.25, 0.3) is 0 Å². The van der Waals surface area contributed by atoms with Crippen LogP contribution in [0.1, 0.15) is 50.8 Å². The van der Waals surface area contributed by atoms with Gasteiger partial charge in [-0.1, -0.05) is 26.2 Å². The molecule has 0 amide bonds. The summed E-state index contributed by atoms with van der Waals surface area (Å²) in [6, 6.07) is 2.57. The molecule has 1 aliphatic rings. The Balaban J connectivity index is 2.24. The minimum absolute atomic E-state index is 0.390. The molecule has 1 aromatic heterocycles. The van der Waals surface area contributed by atoms with Gasteiger partial charge in [0, 0.05) is 13.2 Å². The molecule has 2 rings (SSSR count). The zero-order valence-electron chi connectivity index (χ0n) is 10.7. The summed E-state index contributed by atoms with van der Waals surface area (Å²) in [5.74, 6) is 0. The van der Waals surface area contributed by atoms with Gasteiger partial charge < -0.3 is 5.32 Å². The Kier molecular flexibility index (Phi) is 3.33. The van der Waals surface area contributed by atoms with Crippen molar-refractivity contribution in [3.05, 3.63) is 18.0 Å². The molecule has 1 atom stereocenters. The molecule has 0 radical (unpaired) electrons. The van der Waals surface area contributed by atoms with E-state index in [1.165, 1.54) is 37.8 Å². The van der Waals surface area contributed by atoms with Crippen molar-refractivity contribution in [3.63, 3.8) is 0 Å². The predicted octanol–water partition coefficient (Wildman–Crippen LogP) is 2.65. The second kappa shape index (κ2) is 4.58. The van der Waals surface area contributed by atoms with E-state index in [1.807, 2.05) is 17.9 Å². The molecule has 16 heavy (non-hydrogen) atoms. The standard InChI is InChI=1S/C13H23N3/c1-13(8-5-4-6-9-13)12(14-2)11-7-10-15-16(11)3/h7,10,12,14H,4-6,8-9H2,1-3H3. The highest BCUT2D eigenvalue weighted by molar-refractivity contribution is 5.11. The molecule has 3 nitrogen and oxygen atoms in total. The maximum absolute atomic E-state index is 4.29. The van der Waals surface area contributed by atoms with Gasteiger partial charge in [-0.3, -0.25) is 4.68 Å². The maximum Gasteiger partial charge on any atom is 0.0555 e. The maximum atomic E-state index is 4.29. The van der Waals surface area contributed by atoms with E-state index in [-0.39, 0.29) is 0 Å². The highest BCUT2D eigenvalue weighted by atomic mass is 15.3. The highest BCUT2D eigenvalue weighted by Gasteiger charge is 2.36. The number of nitrogens with zero attached hydrogens (tertiary/aromatic N) is 2. The second-order valence-corrected chi connectivity index (χ2v) is 5.32. The van der Waals surface area contributed by atoms with Gasteiger partial charge in [0.15, 0.2) is 0 Å². The number of aromatic nitrogens is 2. The van der Waals surface area contributed by atoms with E-state index in [1.54, 1.807) is 0 Å². The van der Waals surface area contributed by atoms with Crippen molar-refractivity contribution in [1.29, 1.82) is 0 Å². The highest BCUT2D eigenvalue weighted by Crippen LogP contribution is 2.45. The first-order valence-electron chi connectivity index (χ1n) is 6.32. The zero-order chi connectivity index (χ0) is 11.6. The predicted molar refractivity (Wildman–Crippen MR) is 66.2 cm³/mol. The molecular weight excluding hydrogens is 198 g/mol. The summed E-state index contributed by atoms with van der Waals surface area (Å²) >= 11 is 0. The average molecular weight is 221 g/mol. The van der Waals surface area contributed by atoms with E-state index in [9.17, 15) is 0 Å². The fraction of sp³-hybridized carbons (Fsp3) is 0.769. The molecule has 1 aromatic rings. The second-order valence-electron chi connectivity index (χ2n) is 5.32. The van der Waals surface area contributed by atoms with Crippen molar-refractivity contribution < 1.29 is 0 Å². The summed E-state index contributed by atoms with van der Waals surface area (Å²) in [4.78, 5) is 0. The molecule has 1 unspecified atom stereocenters. The molecule has 0 saturated heterocycles. The summed E-state index contributed by atoms with van der Waals surface area (Å²) < 4.78 is 2.00. The van der Waals surface area contributed by atoms with E-state index in [0.717, 1.165) is 0 Å². The fourth-order valence-electron chi connectivity index (χ4n) is 3.17. The van der Waals surface area contributed by atoms with E-state index >= 15 is 0 Å². The molecule has 1 N–H and O–H groups in total. The van der Waals surface area contributed by atoms with Gasteiger partial charge in [-0.05, 0) is 31.4 Å². The Bertz CT molecular complexity index is 337. The third-order valence-electron chi connectivity index (χ3n) is 4.14. The lowest BCUT2D eigenvalue weighted by Gasteiger charge is -2.40. The number of rotatable bonds is 3. The first kappa shape index (κ1) is 11.6. The topological polar surface area (TPSA) is 29.9 Å². The Morgan fingerprint density at radius 2 is 2.06 bits per heavy atom. The molecule has 0 aliphatic heterocycles. The van der Waals surface area contributed by atoms with Crippen LogP contribution in [0.4, 0.5) is 0 Å². The van der Waals surface area contributed by atoms with E-state index in [4.69, 9.17) is 0 Å². The number of aryl methyl sites for hydroxylation is 1. The first-order chi connectivity index (χ1) is 7.67. The monoisotopic (exact) mass is 221 g/mol. The summed E-state index contributed by atoms with van der Waals surface area (Å²) in [7, 11) is 4.10. The van der Waals surface area contributed by atoms with Gasteiger partial charge >= 0.3 is 0 Å². The van der Waals surface area contributed by atoms with E-state index < -0.39 is 0 Å². The molecule has 0 aromatic carbocycles. The van der Waals surface area contributed by atoms with Gasteiger partial charge in [0.05, 0.1) is 11.7 Å². The van der Waals surface area contributed by atoms with Crippen LogP contribution >= 0.6 is 0 Å². The molecule has 0 spiro atoms. The lowest BCUT2D eigenvalue weighted by molar-refractivity contribution is 0.145. The summed E-state index contributed by atoms with van der Waals surface area (Å²) in [5, 5.41) is 7.78. The summed E-state index contributed by atoms with van der Waals surface area (Å²) in [6.07, 6.45) is 8.68. The van der Waals surface area contributed by atoms with Crippen LogP contribution in [0.5, 0.6) is 0 Å². The number of hydrogen-bond acceptors (Lipinski definition) is 2. The van der Waals surface area contributed by atoms with Gasteiger partial charge in [-0.15, -0.1) is 0 Å². The molecule has 1 aliphatic carbocycles. The van der Waals surface area contributed by atoms with Gasteiger partial charge in [0.2, 0.25) is 0 Å². The van der Waals surface area contributed by atoms with Crippen molar-refractivity contribution in [3.8, 4) is 0 Å². The number of nitrogens with one attached hydrogen (secondary N) is 1. The largest absolute Gasteiger partial charge is 0.311 e. The molecule has 90 valence electrons. The molecular formula is C13H23N3. The smallest absolute Gasteiger partial charge is 0.0555 e. The lowest BCUT2D eigenvalue weighted by atomic mass is 9.69. The van der Waals surface area contributed by atoms with Crippen molar-refractivity contribution >= 4 is 0 Å². The normalized spacial score (nSPS) is 21.9. The molecule has 0 bridgehead atoms. The van der Waals surface area contributed by atoms with Crippen LogP contribution in [0, 0.1) is 5.41 Å². The SMILES string of the molecule is CNC(c1ccnn1C)C1(C)CCCCC1. The van der Waals surface area contributed by atoms with Crippen LogP contribution in [0.25, 0.3) is 0 Å². The average Bonchev–Trinajstić information content (AvgIpc) is 2.67. The van der Waals surface area contributed by atoms with Crippen LogP contribution in [-0.2, 0) is 7.05 Å². The van der Waals surface area contributed by atoms with Gasteiger partial charge in [0.1, 0.15) is 0 Å². The van der Waals surface area contributed by atoms with Crippen LogP contribution in [-0.4, -0.2) is 16.8 Å². The third-order valence-corrected chi connectivity index (χ3v) is 4.14. The lowest BCUT2D eigenvalue weighted by Crippen LogP contribution is -2.37. The zero-order valence-corrected chi connectivity index (χ0v) is 10.7. The van der Waals surface area contributed by atoms with Crippen LogP contribution < -0.4 is 5.32 Å². The third kappa shape index (κ3) is 2.01. The van der Waals surface area contributed by atoms with Crippen molar-refractivity contribution in [1.82, 2.24) is 15.1 Å². The minimum atomic E-state index is 0.390.